The van der Waals surface area contributed by atoms with Crippen LogP contribution in [0.1, 0.15) is 70.5 Å². The molecule has 1 N–H and O–H groups in total. The van der Waals surface area contributed by atoms with Crippen LogP contribution in [0.4, 0.5) is 24.7 Å². The number of halogens is 4. The monoisotopic (exact) mass is 657 g/mol. The Morgan fingerprint density at radius 2 is 1.79 bits per heavy atom. The number of piperidine rings is 1. The number of nitrogens with one attached hydrogen (secondary N) is 1. The second-order valence-corrected chi connectivity index (χ2v) is 12.5. The summed E-state index contributed by atoms with van der Waals surface area (Å²) in [6.45, 7) is 1.95. The first-order valence-electron chi connectivity index (χ1n) is 14.4. The van der Waals surface area contributed by atoms with Crippen LogP contribution in [-0.4, -0.2) is 52.0 Å². The molecule has 3 heterocycles. The molecule has 8 nitrogen and oxygen atoms in total. The summed E-state index contributed by atoms with van der Waals surface area (Å²) in [5, 5.41) is 7.34. The summed E-state index contributed by atoms with van der Waals surface area (Å²) in [5.74, 6) is -0.224. The summed E-state index contributed by atoms with van der Waals surface area (Å²) < 4.78 is 42.5. The van der Waals surface area contributed by atoms with Crippen LogP contribution in [-0.2, 0) is 17.4 Å². The Hall–Kier alpha value is -3.67. The van der Waals surface area contributed by atoms with Gasteiger partial charge < -0.3 is 10.2 Å². The predicted octanol–water partition coefficient (Wildman–Crippen LogP) is 6.14. The fourth-order valence-electron chi connectivity index (χ4n) is 6.46. The number of fused-ring (bicyclic) bond motifs is 3. The molecule has 2 fully saturated rings. The number of alkyl halides is 3. The molecule has 43 heavy (non-hydrogen) atoms. The Morgan fingerprint density at radius 3 is 2.42 bits per heavy atom. The van der Waals surface area contributed by atoms with Crippen molar-refractivity contribution in [3.8, 4) is 0 Å². The highest BCUT2D eigenvalue weighted by Gasteiger charge is 2.49. The second kappa shape index (κ2) is 11.1. The van der Waals surface area contributed by atoms with E-state index < -0.39 is 35.6 Å². The lowest BCUT2D eigenvalue weighted by molar-refractivity contribution is -0.138. The van der Waals surface area contributed by atoms with Crippen molar-refractivity contribution in [2.45, 2.75) is 57.3 Å². The number of amides is 3. The van der Waals surface area contributed by atoms with Gasteiger partial charge in [0.25, 0.3) is 11.8 Å². The lowest BCUT2D eigenvalue weighted by atomic mass is 9.80. The molecule has 12 heteroatoms. The van der Waals surface area contributed by atoms with Gasteiger partial charge in [-0.05, 0) is 68.1 Å². The van der Waals surface area contributed by atoms with Crippen LogP contribution in [0.15, 0.2) is 53.1 Å². The highest BCUT2D eigenvalue weighted by Crippen LogP contribution is 2.46. The average molecular weight is 659 g/mol. The lowest BCUT2D eigenvalue weighted by Crippen LogP contribution is -2.56. The van der Waals surface area contributed by atoms with Crippen LogP contribution >= 0.6 is 15.9 Å². The summed E-state index contributed by atoms with van der Waals surface area (Å²) in [7, 11) is 1.56. The van der Waals surface area contributed by atoms with E-state index in [4.69, 9.17) is 5.10 Å². The van der Waals surface area contributed by atoms with Gasteiger partial charge in [-0.25, -0.2) is 4.68 Å². The fourth-order valence-corrected chi connectivity index (χ4v) is 6.93. The van der Waals surface area contributed by atoms with Crippen molar-refractivity contribution in [1.82, 2.24) is 20.0 Å². The zero-order valence-electron chi connectivity index (χ0n) is 23.7. The minimum Gasteiger partial charge on any atom is -0.355 e. The number of rotatable bonds is 5. The van der Waals surface area contributed by atoms with Gasteiger partial charge in [-0.15, -0.1) is 0 Å². The lowest BCUT2D eigenvalue weighted by Gasteiger charge is -2.47. The highest BCUT2D eigenvalue weighted by molar-refractivity contribution is 9.10. The summed E-state index contributed by atoms with van der Waals surface area (Å²) in [6.07, 6.45) is 1.66. The molecule has 3 atom stereocenters. The fraction of sp³-hybridized carbons (Fsp3) is 0.419. The van der Waals surface area contributed by atoms with Crippen molar-refractivity contribution in [3.63, 3.8) is 0 Å². The van der Waals surface area contributed by atoms with Crippen molar-refractivity contribution < 1.29 is 27.6 Å². The van der Waals surface area contributed by atoms with E-state index >= 15 is 0 Å². The molecule has 1 saturated heterocycles. The number of hydrogen-bond donors (Lipinski definition) is 1. The van der Waals surface area contributed by atoms with Crippen molar-refractivity contribution in [1.29, 1.82) is 0 Å². The zero-order chi connectivity index (χ0) is 30.6. The number of carbonyl (C=O) groups is 3. The van der Waals surface area contributed by atoms with Gasteiger partial charge in [0.15, 0.2) is 0 Å². The van der Waals surface area contributed by atoms with Gasteiger partial charge in [0.2, 0.25) is 5.91 Å². The molecular formula is C31H31BrF3N5O3. The largest absolute Gasteiger partial charge is 0.417 e. The maximum absolute atomic E-state index is 14.3. The van der Waals surface area contributed by atoms with Crippen molar-refractivity contribution >= 4 is 45.2 Å². The average Bonchev–Trinajstić information content (AvgIpc) is 3.37. The molecule has 226 valence electrons. The summed E-state index contributed by atoms with van der Waals surface area (Å²) >= 11 is 2.94. The van der Waals surface area contributed by atoms with Gasteiger partial charge in [-0.2, -0.15) is 18.3 Å². The Morgan fingerprint density at radius 1 is 1.09 bits per heavy atom. The van der Waals surface area contributed by atoms with Gasteiger partial charge in [0, 0.05) is 40.8 Å². The molecule has 1 aromatic heterocycles. The first-order valence-corrected chi connectivity index (χ1v) is 15.2. The normalized spacial score (nSPS) is 22.1. The maximum atomic E-state index is 14.3. The van der Waals surface area contributed by atoms with Crippen LogP contribution in [0.5, 0.6) is 0 Å². The number of carbonyl (C=O) groups excluding carboxylic acids is 3. The third-order valence-electron chi connectivity index (χ3n) is 9.01. The minimum absolute atomic E-state index is 0.0628. The van der Waals surface area contributed by atoms with E-state index in [1.54, 1.807) is 47.3 Å². The van der Waals surface area contributed by atoms with Gasteiger partial charge in [0.1, 0.15) is 5.82 Å². The number of likely N-dealkylation sites (tertiary alicyclic amines) is 1. The van der Waals surface area contributed by atoms with Gasteiger partial charge >= 0.3 is 6.18 Å². The smallest absolute Gasteiger partial charge is 0.355 e. The van der Waals surface area contributed by atoms with Crippen molar-refractivity contribution in [2.75, 3.05) is 18.5 Å². The molecule has 1 aliphatic carbocycles. The third-order valence-corrected chi connectivity index (χ3v) is 9.70. The number of nitrogens with zero attached hydrogens (tertiary/aromatic N) is 4. The summed E-state index contributed by atoms with van der Waals surface area (Å²) in [4.78, 5) is 43.3. The van der Waals surface area contributed by atoms with E-state index in [0.717, 1.165) is 30.9 Å². The highest BCUT2D eigenvalue weighted by atomic mass is 79.9. The van der Waals surface area contributed by atoms with E-state index in [0.29, 0.717) is 29.4 Å². The number of benzene rings is 2. The quantitative estimate of drug-likeness (QED) is 0.357. The zero-order valence-corrected chi connectivity index (χ0v) is 25.3. The Bertz CT molecular complexity index is 1580. The standard InChI is InChI=1S/C31H31BrF3N5O3/c1-17-12-23-26(16-38(17)29(42)20-8-11-25(32)24(14-20)31(33,34)35)40-28(21(15-37-40)13-18-4-3-5-18)39(30(23)43)22-9-6-19(7-10-22)27(41)36-2/h6-11,14-15,17-18,23,26H,3-5,12-13,16H2,1-2H3,(H,36,41)/t17-,23?,26?/m1/s1. The molecule has 0 bridgehead atoms. The van der Waals surface area contributed by atoms with E-state index in [9.17, 15) is 27.6 Å². The molecular weight excluding hydrogens is 627 g/mol. The summed E-state index contributed by atoms with van der Waals surface area (Å²) in [6, 6.07) is 9.47. The van der Waals surface area contributed by atoms with E-state index in [2.05, 4.69) is 21.2 Å². The molecule has 2 unspecified atom stereocenters. The Kier molecular flexibility index (Phi) is 7.60. The van der Waals surface area contributed by atoms with Crippen molar-refractivity contribution in [3.05, 3.63) is 75.4 Å². The van der Waals surface area contributed by atoms with E-state index in [-0.39, 0.29) is 28.4 Å². The third kappa shape index (κ3) is 5.23. The van der Waals surface area contributed by atoms with Crippen LogP contribution in [0.3, 0.4) is 0 Å². The number of hydrogen-bond acceptors (Lipinski definition) is 4. The molecule has 3 amide bonds. The predicted molar refractivity (Wildman–Crippen MR) is 157 cm³/mol. The molecule has 3 aliphatic rings. The number of anilines is 2. The molecule has 3 aromatic rings. The minimum atomic E-state index is -4.62. The van der Waals surface area contributed by atoms with Crippen molar-refractivity contribution in [2.24, 2.45) is 11.8 Å². The maximum Gasteiger partial charge on any atom is 0.417 e. The molecule has 0 spiro atoms. The first-order chi connectivity index (χ1) is 20.5. The SMILES string of the molecule is CNC(=O)c1ccc(N2C(=O)C3C[C@@H](C)N(C(=O)c4ccc(Br)c(C(F)(F)F)c4)CC3n3ncc(CC4CCC4)c32)cc1. The Balaban J connectivity index is 1.37. The summed E-state index contributed by atoms with van der Waals surface area (Å²) in [5.41, 5.74) is 1.05. The van der Waals surface area contributed by atoms with E-state index in [1.807, 2.05) is 11.6 Å². The first kappa shape index (κ1) is 29.4. The van der Waals surface area contributed by atoms with Crippen LogP contribution < -0.4 is 10.2 Å². The molecule has 1 saturated carbocycles. The molecule has 0 radical (unpaired) electrons. The Labute approximate surface area is 255 Å². The molecule has 6 rings (SSSR count). The molecule has 2 aromatic carbocycles. The van der Waals surface area contributed by atoms with Crippen LogP contribution in [0.2, 0.25) is 0 Å². The van der Waals surface area contributed by atoms with Gasteiger partial charge in [0.05, 0.1) is 29.4 Å². The van der Waals surface area contributed by atoms with Gasteiger partial charge in [-0.1, -0.05) is 35.2 Å². The van der Waals surface area contributed by atoms with E-state index in [1.165, 1.54) is 18.6 Å². The molecule has 2 aliphatic heterocycles. The topological polar surface area (TPSA) is 87.5 Å². The van der Waals surface area contributed by atoms with Gasteiger partial charge in [-0.3, -0.25) is 19.3 Å². The second-order valence-electron chi connectivity index (χ2n) is 11.6. The van der Waals surface area contributed by atoms with Crippen LogP contribution in [0, 0.1) is 11.8 Å². The van der Waals surface area contributed by atoms with Crippen LogP contribution in [0.25, 0.3) is 0 Å². The number of aromatic nitrogens is 2.